The van der Waals surface area contributed by atoms with E-state index in [1.807, 2.05) is 42.5 Å². The molecule has 0 bridgehead atoms. The van der Waals surface area contributed by atoms with Gasteiger partial charge in [0.1, 0.15) is 5.52 Å². The Kier molecular flexibility index (Phi) is 5.24. The lowest BCUT2D eigenvalue weighted by Crippen LogP contribution is -2.42. The number of thioether (sulfide) groups is 1. The van der Waals surface area contributed by atoms with E-state index in [4.69, 9.17) is 16.3 Å². The van der Waals surface area contributed by atoms with E-state index >= 15 is 0 Å². The van der Waals surface area contributed by atoms with Gasteiger partial charge in [0.2, 0.25) is 5.16 Å². The summed E-state index contributed by atoms with van der Waals surface area (Å²) in [7, 11) is 0. The Morgan fingerprint density at radius 1 is 1.10 bits per heavy atom. The predicted molar refractivity (Wildman–Crippen MR) is 118 cm³/mol. The van der Waals surface area contributed by atoms with Crippen molar-refractivity contribution < 1.29 is 9.53 Å². The average molecular weight is 430 g/mol. The van der Waals surface area contributed by atoms with E-state index in [2.05, 4.69) is 15.0 Å². The first kappa shape index (κ1) is 19.5. The van der Waals surface area contributed by atoms with Gasteiger partial charge in [-0.05, 0) is 11.6 Å². The van der Waals surface area contributed by atoms with Gasteiger partial charge in [-0.15, -0.1) is 10.2 Å². The smallest absolute Gasteiger partial charge is 0.330 e. The molecule has 0 unspecified atom stereocenters. The van der Waals surface area contributed by atoms with Crippen LogP contribution < -0.4 is 0 Å². The number of rotatable bonds is 3. The van der Waals surface area contributed by atoms with Gasteiger partial charge in [-0.25, -0.2) is 19.2 Å². The molecule has 1 saturated heterocycles. The summed E-state index contributed by atoms with van der Waals surface area (Å²) < 4.78 is 7.02. The number of carbonyl (C=O) groups excluding carboxylic acids is 1. The Morgan fingerprint density at radius 2 is 1.87 bits per heavy atom. The zero-order valence-electron chi connectivity index (χ0n) is 16.6. The van der Waals surface area contributed by atoms with Crippen molar-refractivity contribution in [2.24, 2.45) is 0 Å². The fourth-order valence-corrected chi connectivity index (χ4v) is 4.43. The molecule has 0 aliphatic carbocycles. The molecule has 154 valence electrons. The quantitative estimate of drug-likeness (QED) is 0.359. The van der Waals surface area contributed by atoms with E-state index in [-0.39, 0.29) is 6.03 Å². The van der Waals surface area contributed by atoms with Crippen LogP contribution >= 0.6 is 11.8 Å². The monoisotopic (exact) mass is 430 g/mol. The minimum Gasteiger partial charge on any atom is -0.378 e. The molecule has 1 fully saturated rings. The van der Waals surface area contributed by atoms with Crippen molar-refractivity contribution in [2.45, 2.75) is 10.9 Å². The molecule has 0 radical (unpaired) electrons. The first-order valence-corrected chi connectivity index (χ1v) is 10.8. The second kappa shape index (κ2) is 8.34. The number of ether oxygens (including phenoxy) is 1. The molecule has 31 heavy (non-hydrogen) atoms. The topological polar surface area (TPSA) is 77.5 Å². The molecule has 3 heterocycles. The number of fused-ring (bicyclic) bond motifs is 3. The lowest BCUT2D eigenvalue weighted by Gasteiger charge is -2.27. The summed E-state index contributed by atoms with van der Waals surface area (Å²) >= 11 is 1.40. The van der Waals surface area contributed by atoms with Gasteiger partial charge in [0, 0.05) is 24.2 Å². The van der Waals surface area contributed by atoms with Crippen LogP contribution in [0.15, 0.2) is 53.7 Å². The van der Waals surface area contributed by atoms with Crippen molar-refractivity contribution in [3.63, 3.8) is 0 Å². The van der Waals surface area contributed by atoms with Gasteiger partial charge in [0.05, 0.1) is 25.3 Å². The van der Waals surface area contributed by atoms with E-state index in [1.54, 1.807) is 15.5 Å². The molecule has 4 aromatic rings. The van der Waals surface area contributed by atoms with Crippen molar-refractivity contribution in [1.82, 2.24) is 24.6 Å². The summed E-state index contributed by atoms with van der Waals surface area (Å²) in [5.41, 5.74) is 3.38. The highest BCUT2D eigenvalue weighted by molar-refractivity contribution is 7.98. The second-order valence-electron chi connectivity index (χ2n) is 7.03. The van der Waals surface area contributed by atoms with Gasteiger partial charge in [0.15, 0.2) is 11.3 Å². The minimum absolute atomic E-state index is 0.135. The Morgan fingerprint density at radius 3 is 2.71 bits per heavy atom. The Balaban J connectivity index is 1.55. The normalized spacial score (nSPS) is 14.1. The van der Waals surface area contributed by atoms with Crippen LogP contribution in [0.3, 0.4) is 0 Å². The van der Waals surface area contributed by atoms with Crippen molar-refractivity contribution >= 4 is 45.5 Å². The number of hydrogen-bond donors (Lipinski definition) is 0. The zero-order chi connectivity index (χ0) is 21.2. The highest BCUT2D eigenvalue weighted by Gasteiger charge is 2.24. The Hall–Kier alpha value is -3.48. The highest BCUT2D eigenvalue weighted by atomic mass is 32.2. The molecule has 0 atom stereocenters. The molecule has 2 aromatic heterocycles. The van der Waals surface area contributed by atoms with Crippen LogP contribution in [0.5, 0.6) is 0 Å². The van der Waals surface area contributed by atoms with Gasteiger partial charge in [-0.1, -0.05) is 54.2 Å². The largest absolute Gasteiger partial charge is 0.378 e. The number of carbonyl (C=O) groups is 1. The van der Waals surface area contributed by atoms with Crippen LogP contribution in [0.1, 0.15) is 5.56 Å². The standard InChI is InChI=1S/C22H18N6O2S/c1-23-17-8-4-2-6-15(17)14-31-21-24-20-19(25-26-21)16-7-3-5-9-18(16)28(20)22(29)27-10-12-30-13-11-27/h2-9H,10-14H2. The summed E-state index contributed by atoms with van der Waals surface area (Å²) in [6.45, 7) is 9.46. The van der Waals surface area contributed by atoms with Gasteiger partial charge in [-0.3, -0.25) is 0 Å². The van der Waals surface area contributed by atoms with Crippen molar-refractivity contribution in [3.05, 3.63) is 65.5 Å². The van der Waals surface area contributed by atoms with E-state index in [0.29, 0.717) is 54.1 Å². The first-order chi connectivity index (χ1) is 15.3. The average Bonchev–Trinajstić information content (AvgIpc) is 3.16. The number of para-hydroxylation sites is 2. The van der Waals surface area contributed by atoms with Crippen molar-refractivity contribution in [1.29, 1.82) is 0 Å². The van der Waals surface area contributed by atoms with E-state index in [1.165, 1.54) is 11.8 Å². The molecular formula is C22H18N6O2S. The number of nitrogens with zero attached hydrogens (tertiary/aromatic N) is 6. The van der Waals surface area contributed by atoms with Crippen LogP contribution in [0, 0.1) is 6.57 Å². The van der Waals surface area contributed by atoms with Gasteiger partial charge in [-0.2, -0.15) is 0 Å². The van der Waals surface area contributed by atoms with Crippen LogP contribution in [0.2, 0.25) is 0 Å². The number of morpholine rings is 1. The molecule has 8 nitrogen and oxygen atoms in total. The SMILES string of the molecule is [C-]#[N+]c1ccccc1CSc1nnc2c3ccccc3n(C(=O)N3CCOCC3)c2n1. The maximum Gasteiger partial charge on any atom is 0.330 e. The zero-order valence-corrected chi connectivity index (χ0v) is 17.4. The molecule has 1 amide bonds. The number of hydrogen-bond acceptors (Lipinski definition) is 6. The van der Waals surface area contributed by atoms with Gasteiger partial charge < -0.3 is 9.64 Å². The number of amides is 1. The van der Waals surface area contributed by atoms with Crippen LogP contribution in [-0.4, -0.2) is 57.0 Å². The first-order valence-electron chi connectivity index (χ1n) is 9.85. The third-order valence-electron chi connectivity index (χ3n) is 5.20. The summed E-state index contributed by atoms with van der Waals surface area (Å²) in [6.07, 6.45) is 0. The molecule has 1 aliphatic heterocycles. The molecule has 9 heteroatoms. The highest BCUT2D eigenvalue weighted by Crippen LogP contribution is 2.30. The lowest BCUT2D eigenvalue weighted by molar-refractivity contribution is 0.0539. The molecule has 5 rings (SSSR count). The molecule has 0 spiro atoms. The van der Waals surface area contributed by atoms with Crippen LogP contribution in [0.4, 0.5) is 10.5 Å². The van der Waals surface area contributed by atoms with E-state index in [0.717, 1.165) is 16.5 Å². The summed E-state index contributed by atoms with van der Waals surface area (Å²) in [5, 5.41) is 9.99. The summed E-state index contributed by atoms with van der Waals surface area (Å²) in [5.74, 6) is 0.545. The maximum absolute atomic E-state index is 13.4. The summed E-state index contributed by atoms with van der Waals surface area (Å²) in [6, 6.07) is 15.0. The fraction of sp³-hybridized carbons (Fsp3) is 0.227. The second-order valence-corrected chi connectivity index (χ2v) is 7.97. The van der Waals surface area contributed by atoms with Gasteiger partial charge in [0.25, 0.3) is 0 Å². The Labute approximate surface area is 182 Å². The number of benzene rings is 2. The Bertz CT molecular complexity index is 1320. The van der Waals surface area contributed by atoms with Gasteiger partial charge >= 0.3 is 6.03 Å². The summed E-state index contributed by atoms with van der Waals surface area (Å²) in [4.78, 5) is 23.4. The number of aromatic nitrogens is 4. The minimum atomic E-state index is -0.135. The third-order valence-corrected chi connectivity index (χ3v) is 6.09. The van der Waals surface area contributed by atoms with E-state index in [9.17, 15) is 4.79 Å². The van der Waals surface area contributed by atoms with Crippen LogP contribution in [-0.2, 0) is 10.5 Å². The van der Waals surface area contributed by atoms with Crippen molar-refractivity contribution in [2.75, 3.05) is 26.3 Å². The third kappa shape index (κ3) is 3.60. The maximum atomic E-state index is 13.4. The fourth-order valence-electron chi connectivity index (χ4n) is 3.65. The molecule has 0 saturated carbocycles. The van der Waals surface area contributed by atoms with Crippen LogP contribution in [0.25, 0.3) is 26.9 Å². The molecule has 0 N–H and O–H groups in total. The van der Waals surface area contributed by atoms with Crippen molar-refractivity contribution in [3.8, 4) is 0 Å². The molecule has 2 aromatic carbocycles. The predicted octanol–water partition coefficient (Wildman–Crippen LogP) is 4.12. The lowest BCUT2D eigenvalue weighted by atomic mass is 10.2. The molecular weight excluding hydrogens is 412 g/mol. The van der Waals surface area contributed by atoms with E-state index < -0.39 is 0 Å². The molecule has 1 aliphatic rings.